The van der Waals surface area contributed by atoms with E-state index in [1.807, 2.05) is 0 Å². The van der Waals surface area contributed by atoms with E-state index in [-0.39, 0.29) is 5.82 Å². The molecule has 0 unspecified atom stereocenters. The Kier molecular flexibility index (Phi) is 0.717. The SMILES string of the molecule is Nc1cc2nncn2n1O. The van der Waals surface area contributed by atoms with E-state index in [9.17, 15) is 0 Å². The minimum absolute atomic E-state index is 0.241. The molecule has 0 fully saturated rings. The fourth-order valence-corrected chi connectivity index (χ4v) is 0.794. The molecule has 0 aliphatic heterocycles. The predicted molar refractivity (Wildman–Crippen MR) is 32.6 cm³/mol. The molecular formula is C4H5N5O. The molecule has 6 heteroatoms. The third kappa shape index (κ3) is 0.426. The van der Waals surface area contributed by atoms with Crippen LogP contribution >= 0.6 is 0 Å². The lowest BCUT2D eigenvalue weighted by atomic mass is 10.6. The number of aromatic nitrogens is 4. The monoisotopic (exact) mass is 139 g/mol. The van der Waals surface area contributed by atoms with E-state index < -0.39 is 0 Å². The van der Waals surface area contributed by atoms with Crippen LogP contribution < -0.4 is 5.73 Å². The van der Waals surface area contributed by atoms with Gasteiger partial charge < -0.3 is 10.9 Å². The molecular weight excluding hydrogens is 134 g/mol. The van der Waals surface area contributed by atoms with Gasteiger partial charge in [-0.1, -0.05) is 4.85 Å². The normalized spacial score (nSPS) is 10.8. The zero-order valence-electron chi connectivity index (χ0n) is 4.97. The van der Waals surface area contributed by atoms with Crippen molar-refractivity contribution in [1.29, 1.82) is 0 Å². The first-order chi connectivity index (χ1) is 4.79. The first kappa shape index (κ1) is 5.10. The summed E-state index contributed by atoms with van der Waals surface area (Å²) < 4.78 is 1.33. The maximum atomic E-state index is 9.06. The molecule has 2 aromatic rings. The Morgan fingerprint density at radius 2 is 2.40 bits per heavy atom. The second-order valence-corrected chi connectivity index (χ2v) is 1.89. The molecule has 0 aliphatic rings. The lowest BCUT2D eigenvalue weighted by Gasteiger charge is -1.92. The van der Waals surface area contributed by atoms with Crippen LogP contribution in [0, 0.1) is 0 Å². The molecule has 0 atom stereocenters. The van der Waals surface area contributed by atoms with Crippen LogP contribution in [0.3, 0.4) is 0 Å². The highest BCUT2D eigenvalue weighted by Gasteiger charge is 2.03. The lowest BCUT2D eigenvalue weighted by Crippen LogP contribution is -2.02. The van der Waals surface area contributed by atoms with Crippen molar-refractivity contribution in [3.8, 4) is 0 Å². The van der Waals surface area contributed by atoms with E-state index in [1.54, 1.807) is 0 Å². The quantitative estimate of drug-likeness (QED) is 0.475. The summed E-state index contributed by atoms with van der Waals surface area (Å²) in [5.74, 6) is 0.241. The smallest absolute Gasteiger partial charge is 0.182 e. The van der Waals surface area contributed by atoms with Crippen molar-refractivity contribution in [3.05, 3.63) is 12.4 Å². The van der Waals surface area contributed by atoms with Gasteiger partial charge in [-0.25, -0.2) is 0 Å². The largest absolute Gasteiger partial charge is 0.411 e. The van der Waals surface area contributed by atoms with E-state index in [0.717, 1.165) is 4.85 Å². The number of hydrogen-bond acceptors (Lipinski definition) is 4. The summed E-state index contributed by atoms with van der Waals surface area (Å²) in [5.41, 5.74) is 5.85. The van der Waals surface area contributed by atoms with Crippen LogP contribution in [-0.2, 0) is 0 Å². The predicted octanol–water partition coefficient (Wildman–Crippen LogP) is -0.650. The van der Waals surface area contributed by atoms with Gasteiger partial charge in [0, 0.05) is 6.07 Å². The van der Waals surface area contributed by atoms with E-state index in [1.165, 1.54) is 16.9 Å². The highest BCUT2D eigenvalue weighted by Crippen LogP contribution is 2.05. The number of nitrogen functional groups attached to an aromatic ring is 1. The number of hydrogen-bond donors (Lipinski definition) is 2. The highest BCUT2D eigenvalue weighted by atomic mass is 16.5. The first-order valence-electron chi connectivity index (χ1n) is 2.65. The molecule has 52 valence electrons. The highest BCUT2D eigenvalue weighted by molar-refractivity contribution is 5.47. The van der Waals surface area contributed by atoms with Crippen molar-refractivity contribution >= 4 is 11.5 Å². The molecule has 6 nitrogen and oxygen atoms in total. The number of rotatable bonds is 0. The molecule has 2 rings (SSSR count). The Hall–Kier alpha value is -1.72. The van der Waals surface area contributed by atoms with Gasteiger partial charge in [0.2, 0.25) is 0 Å². The molecule has 0 radical (unpaired) electrons. The molecule has 2 heterocycles. The number of nitrogens with two attached hydrogens (primary N) is 1. The number of anilines is 1. The minimum Gasteiger partial charge on any atom is -0.411 e. The van der Waals surface area contributed by atoms with Crippen LogP contribution in [0.25, 0.3) is 5.65 Å². The van der Waals surface area contributed by atoms with Gasteiger partial charge in [0.05, 0.1) is 0 Å². The van der Waals surface area contributed by atoms with Crippen molar-refractivity contribution < 1.29 is 5.21 Å². The van der Waals surface area contributed by atoms with Crippen LogP contribution in [0.5, 0.6) is 0 Å². The zero-order valence-corrected chi connectivity index (χ0v) is 4.97. The van der Waals surface area contributed by atoms with Crippen molar-refractivity contribution in [1.82, 2.24) is 19.6 Å². The van der Waals surface area contributed by atoms with Crippen molar-refractivity contribution in [2.75, 3.05) is 5.73 Å². The third-order valence-electron chi connectivity index (χ3n) is 1.27. The van der Waals surface area contributed by atoms with Crippen molar-refractivity contribution in [2.24, 2.45) is 0 Å². The van der Waals surface area contributed by atoms with Crippen LogP contribution in [-0.4, -0.2) is 24.8 Å². The van der Waals surface area contributed by atoms with Crippen LogP contribution in [0.4, 0.5) is 5.82 Å². The van der Waals surface area contributed by atoms with Gasteiger partial charge >= 0.3 is 0 Å². The molecule has 0 saturated carbocycles. The molecule has 3 N–H and O–H groups in total. The average Bonchev–Trinajstić information content (AvgIpc) is 2.41. The average molecular weight is 139 g/mol. The Labute approximate surface area is 55.4 Å². The maximum absolute atomic E-state index is 9.06. The summed E-state index contributed by atoms with van der Waals surface area (Å²) in [6, 6.07) is 1.52. The van der Waals surface area contributed by atoms with Crippen LogP contribution in [0.2, 0.25) is 0 Å². The molecule has 2 aromatic heterocycles. The van der Waals surface area contributed by atoms with Gasteiger partial charge in [0.15, 0.2) is 11.5 Å². The molecule has 0 saturated heterocycles. The van der Waals surface area contributed by atoms with Crippen molar-refractivity contribution in [2.45, 2.75) is 0 Å². The molecule has 0 aromatic carbocycles. The summed E-state index contributed by atoms with van der Waals surface area (Å²) in [6.45, 7) is 0. The summed E-state index contributed by atoms with van der Waals surface area (Å²) in [7, 11) is 0. The van der Waals surface area contributed by atoms with Crippen LogP contribution in [0.15, 0.2) is 12.4 Å². The Morgan fingerprint density at radius 3 is 3.10 bits per heavy atom. The van der Waals surface area contributed by atoms with E-state index in [2.05, 4.69) is 10.2 Å². The molecule has 0 aliphatic carbocycles. The summed E-state index contributed by atoms with van der Waals surface area (Å²) in [5, 5.41) is 16.3. The third-order valence-corrected chi connectivity index (χ3v) is 1.27. The first-order valence-corrected chi connectivity index (χ1v) is 2.65. The van der Waals surface area contributed by atoms with Gasteiger partial charge in [-0.15, -0.1) is 10.2 Å². The molecule has 10 heavy (non-hydrogen) atoms. The Morgan fingerprint density at radius 1 is 1.60 bits per heavy atom. The summed E-state index contributed by atoms with van der Waals surface area (Å²) in [6.07, 6.45) is 1.37. The second-order valence-electron chi connectivity index (χ2n) is 1.89. The van der Waals surface area contributed by atoms with Crippen LogP contribution in [0.1, 0.15) is 0 Å². The van der Waals surface area contributed by atoms with Crippen molar-refractivity contribution in [3.63, 3.8) is 0 Å². The summed E-state index contributed by atoms with van der Waals surface area (Å²) >= 11 is 0. The number of fused-ring (bicyclic) bond motifs is 1. The molecule has 0 bridgehead atoms. The Bertz CT molecular complexity index is 360. The van der Waals surface area contributed by atoms with Gasteiger partial charge in [-0.3, -0.25) is 0 Å². The fraction of sp³-hybridized carbons (Fsp3) is 0. The standard InChI is InChI=1S/C4H5N5O/c5-3-1-4-7-6-2-8(4)9(3)10/h1-2,10H,5H2. The zero-order chi connectivity index (χ0) is 7.14. The van der Waals surface area contributed by atoms with Gasteiger partial charge in [-0.05, 0) is 0 Å². The lowest BCUT2D eigenvalue weighted by molar-refractivity contribution is 0.143. The van der Waals surface area contributed by atoms with E-state index >= 15 is 0 Å². The van der Waals surface area contributed by atoms with Gasteiger partial charge in [-0.2, -0.15) is 4.52 Å². The van der Waals surface area contributed by atoms with Gasteiger partial charge in [0.25, 0.3) is 0 Å². The summed E-state index contributed by atoms with van der Waals surface area (Å²) in [4.78, 5) is 0.773. The number of nitrogens with zero attached hydrogens (tertiary/aromatic N) is 4. The Balaban J connectivity index is 2.95. The van der Waals surface area contributed by atoms with E-state index in [4.69, 9.17) is 10.9 Å². The fourth-order valence-electron chi connectivity index (χ4n) is 0.794. The maximum Gasteiger partial charge on any atom is 0.182 e. The minimum atomic E-state index is 0.241. The van der Waals surface area contributed by atoms with E-state index in [0.29, 0.717) is 5.65 Å². The van der Waals surface area contributed by atoms with Gasteiger partial charge in [0.1, 0.15) is 6.33 Å². The molecule has 0 amide bonds. The molecule has 0 spiro atoms. The topological polar surface area (TPSA) is 81.4 Å². The second kappa shape index (κ2) is 1.41.